The average molecular weight is 2060 g/mol. The summed E-state index contributed by atoms with van der Waals surface area (Å²) in [4.78, 5) is 44.4. The van der Waals surface area contributed by atoms with Crippen molar-refractivity contribution in [2.24, 2.45) is 0 Å². The summed E-state index contributed by atoms with van der Waals surface area (Å²) in [6.45, 7) is 37.8. The molecule has 4 aromatic heterocycles. The van der Waals surface area contributed by atoms with Gasteiger partial charge in [0.1, 0.15) is 8.07 Å². The third kappa shape index (κ3) is 21.6. The van der Waals surface area contributed by atoms with Crippen LogP contribution in [0.5, 0.6) is 0 Å². The van der Waals surface area contributed by atoms with Gasteiger partial charge in [-0.15, -0.1) is 81.7 Å². The first-order valence-electron chi connectivity index (χ1n) is 36.0. The van der Waals surface area contributed by atoms with Gasteiger partial charge < -0.3 is 34.8 Å². The molecule has 0 aliphatic carbocycles. The molecule has 0 saturated heterocycles. The molecule has 0 unspecified atom stereocenters. The molecular formula is C91H99Ir3N4O6Si5-3. The summed E-state index contributed by atoms with van der Waals surface area (Å²) in [5.74, 6) is -0.187. The Morgan fingerprint density at radius 3 is 1.12 bits per heavy atom. The van der Waals surface area contributed by atoms with Gasteiger partial charge in [-0.1, -0.05) is 268 Å². The van der Waals surface area contributed by atoms with Gasteiger partial charge in [-0.05, 0) is 114 Å². The molecule has 6 heterocycles. The first-order valence-corrected chi connectivity index (χ1v) is 51.5. The number of aliphatic hydroxyl groups excluding tert-OH is 3. The molecule has 12 aromatic rings. The molecule has 14 rings (SSSR count). The monoisotopic (exact) mass is 2060 g/mol. The van der Waals surface area contributed by atoms with E-state index in [0.717, 1.165) is 40.3 Å². The maximum Gasteiger partial charge on any atom is 0.155 e. The Morgan fingerprint density at radius 2 is 0.743 bits per heavy atom. The van der Waals surface area contributed by atoms with Gasteiger partial charge in [0.25, 0.3) is 0 Å². The summed E-state index contributed by atoms with van der Waals surface area (Å²) in [5, 5.41) is 40.6. The van der Waals surface area contributed by atoms with Crippen molar-refractivity contribution in [1.29, 1.82) is 0 Å². The minimum Gasteiger partial charge on any atom is -0.512 e. The molecule has 0 amide bonds. The van der Waals surface area contributed by atoms with Crippen LogP contribution in [-0.4, -0.2) is 92.6 Å². The van der Waals surface area contributed by atoms with Crippen molar-refractivity contribution in [3.8, 4) is 56.0 Å². The third-order valence-electron chi connectivity index (χ3n) is 18.9. The van der Waals surface area contributed by atoms with Crippen LogP contribution in [0, 0.1) is 18.2 Å². The van der Waals surface area contributed by atoms with Gasteiger partial charge in [0.05, 0.1) is 49.6 Å². The number of carbonyl (C=O) groups excluding carboxylic acids is 3. The Kier molecular flexibility index (Phi) is 31.7. The zero-order chi connectivity index (χ0) is 77.1. The number of fused-ring (bicyclic) bond motifs is 9. The first-order chi connectivity index (χ1) is 50.1. The Bertz CT molecular complexity index is 5120. The van der Waals surface area contributed by atoms with E-state index in [2.05, 4.69) is 327 Å². The number of carbonyl (C=O) groups is 3. The quantitative estimate of drug-likeness (QED) is 0.0469. The second kappa shape index (κ2) is 38.5. The van der Waals surface area contributed by atoms with Crippen molar-refractivity contribution >= 4 is 126 Å². The van der Waals surface area contributed by atoms with Crippen LogP contribution in [-0.2, 0) is 81.2 Å². The normalized spacial score (nSPS) is 12.8. The summed E-state index contributed by atoms with van der Waals surface area (Å²) in [7, 11) is -8.02. The van der Waals surface area contributed by atoms with Gasteiger partial charge in [0, 0.05) is 109 Å². The Balaban J connectivity index is 0.000000225. The third-order valence-corrected chi connectivity index (χ3v) is 33.4. The Labute approximate surface area is 691 Å². The Morgan fingerprint density at radius 1 is 0.394 bits per heavy atom. The molecular weight excluding hydrogens is 1960 g/mol. The van der Waals surface area contributed by atoms with E-state index in [1.165, 1.54) is 151 Å². The molecule has 2 aliphatic heterocycles. The van der Waals surface area contributed by atoms with Crippen LogP contribution in [0.4, 0.5) is 0 Å². The fraction of sp³-hybridized carbons (Fsp3) is 0.209. The van der Waals surface area contributed by atoms with E-state index in [4.69, 9.17) is 30.3 Å². The predicted molar refractivity (Wildman–Crippen MR) is 459 cm³/mol. The number of hydrogen-bond acceptors (Lipinski definition) is 9. The summed E-state index contributed by atoms with van der Waals surface area (Å²) in [6, 6.07) is 86.0. The molecule has 0 bridgehead atoms. The number of pyridine rings is 3. The first kappa shape index (κ1) is 89.6. The molecule has 0 fully saturated rings. The van der Waals surface area contributed by atoms with E-state index in [-0.39, 0.29) is 94.9 Å². The molecule has 0 saturated carbocycles. The van der Waals surface area contributed by atoms with Gasteiger partial charge in [-0.2, -0.15) is 0 Å². The number of benzene rings is 8. The number of aliphatic hydroxyl groups is 3. The van der Waals surface area contributed by atoms with Crippen LogP contribution in [0.2, 0.25) is 72.0 Å². The van der Waals surface area contributed by atoms with Crippen LogP contribution in [0.1, 0.15) is 48.5 Å². The predicted octanol–water partition coefficient (Wildman–Crippen LogP) is 16.7. The molecule has 3 radical (unpaired) electrons. The Hall–Kier alpha value is -8.33. The average Bonchev–Trinajstić information content (AvgIpc) is 1.57. The van der Waals surface area contributed by atoms with Crippen LogP contribution < -0.4 is 46.7 Å². The second-order valence-electron chi connectivity index (χ2n) is 30.7. The molecule has 0 spiro atoms. The molecule has 10 nitrogen and oxygen atoms in total. The summed E-state index contributed by atoms with van der Waals surface area (Å²) in [5.41, 5.74) is 14.2. The SMILES string of the molecule is CC(=O)C=C(C)O.CC(=O)C=C(C)O.CC(=O)C=C(C)O.CCn1c2c[c-]c(-c3ccc([Si](C)(C)C)cn3)cc2c2ccccc21.C[Si](C)(C)c1ccc(-c2[c-]cc3c(c2)-c2ccccc2[Si]3(C)C)nc1.C[Si](C)(C)c1ccc(-c2[c-]cc3c(c2)-c2ccccc2[Si]3(c2ccccc2)c2ccccc2)nc1.[Ir].[Ir].[Ir]. The summed E-state index contributed by atoms with van der Waals surface area (Å²) in [6.07, 6.45) is 9.69. The minimum atomic E-state index is -2.43. The molecule has 8 aromatic carbocycles. The van der Waals surface area contributed by atoms with E-state index in [1.807, 2.05) is 0 Å². The molecule has 18 heteroatoms. The summed E-state index contributed by atoms with van der Waals surface area (Å²) < 4.78 is 2.35. The van der Waals surface area contributed by atoms with E-state index >= 15 is 0 Å². The molecule has 3 N–H and O–H groups in total. The van der Waals surface area contributed by atoms with Gasteiger partial charge >= 0.3 is 0 Å². The zero-order valence-corrected chi connectivity index (χ0v) is 77.8. The van der Waals surface area contributed by atoms with E-state index in [9.17, 15) is 14.4 Å². The minimum absolute atomic E-state index is 0. The van der Waals surface area contributed by atoms with E-state index < -0.39 is 40.4 Å². The van der Waals surface area contributed by atoms with Gasteiger partial charge in [0.2, 0.25) is 0 Å². The van der Waals surface area contributed by atoms with Gasteiger partial charge in [-0.3, -0.25) is 14.4 Å². The topological polar surface area (TPSA) is 155 Å². The van der Waals surface area contributed by atoms with E-state index in [0.29, 0.717) is 0 Å². The molecule has 2 aliphatic rings. The number of rotatable bonds is 12. The fourth-order valence-electron chi connectivity index (χ4n) is 13.7. The molecule has 569 valence electrons. The number of nitrogens with zero attached hydrogens (tertiary/aromatic N) is 4. The number of para-hydroxylation sites is 1. The summed E-state index contributed by atoms with van der Waals surface area (Å²) >= 11 is 0. The van der Waals surface area contributed by atoms with Gasteiger partial charge in [0.15, 0.2) is 17.3 Å². The molecule has 0 atom stereocenters. The second-order valence-corrected chi connectivity index (χ2v) is 54.0. The number of ketones is 3. The van der Waals surface area contributed by atoms with Crippen molar-refractivity contribution in [2.75, 3.05) is 0 Å². The van der Waals surface area contributed by atoms with Crippen LogP contribution in [0.3, 0.4) is 0 Å². The maximum atomic E-state index is 10.0. The van der Waals surface area contributed by atoms with Crippen LogP contribution >= 0.6 is 0 Å². The largest absolute Gasteiger partial charge is 0.512 e. The number of hydrogen-bond donors (Lipinski definition) is 3. The van der Waals surface area contributed by atoms with Crippen molar-refractivity contribution < 1.29 is 90.0 Å². The fourth-order valence-corrected chi connectivity index (χ4v) is 24.9. The smallest absolute Gasteiger partial charge is 0.155 e. The van der Waals surface area contributed by atoms with Crippen molar-refractivity contribution in [3.05, 3.63) is 279 Å². The number of aromatic nitrogens is 4. The van der Waals surface area contributed by atoms with Crippen molar-refractivity contribution in [1.82, 2.24) is 19.5 Å². The zero-order valence-electron chi connectivity index (χ0n) is 65.7. The number of allylic oxidation sites excluding steroid dienone is 6. The maximum absolute atomic E-state index is 10.0. The standard InChI is InChI=1S/C32H28NSi2.C22H23N2Si.C22H24NSi2.3C5H8O2.3Ir/c1-34(2,3)27-19-20-30(33-23-27)24-18-21-32-29(22-24)28-16-10-11-17-31(28)35(32,25-12-6-4-7-13-25)26-14-8-5-9-15-26;1-5-24-21-9-7-6-8-18(21)19-14-16(10-13-22(19)24)20-12-11-17(15-23-20)25(2,3)4;1-24(2,3)17-11-12-20(23-15-17)16-10-13-22-19(14-16)18-8-6-7-9-21(18)25(22,4)5;3*1-4(6)3-5(2)7;;;/h4-17,19-23H,1-3H3;6-9,11-15H,5H2,1-4H3;6-9,11-15H,1-5H3;3*3,6H,1-2H3;;;/q3*-1;;;;;;. The molecule has 109 heavy (non-hydrogen) atoms. The van der Waals surface area contributed by atoms with Gasteiger partial charge in [-0.25, -0.2) is 0 Å². The van der Waals surface area contributed by atoms with Crippen LogP contribution in [0.25, 0.3) is 77.8 Å². The van der Waals surface area contributed by atoms with Crippen molar-refractivity contribution in [2.45, 2.75) is 127 Å². The van der Waals surface area contributed by atoms with E-state index in [1.54, 1.807) is 0 Å². The van der Waals surface area contributed by atoms with Crippen LogP contribution in [0.15, 0.2) is 260 Å². The number of aryl methyl sites for hydroxylation is 1. The van der Waals surface area contributed by atoms with Crippen molar-refractivity contribution in [3.63, 3.8) is 0 Å².